The Morgan fingerprint density at radius 2 is 2.12 bits per heavy atom. The highest BCUT2D eigenvalue weighted by Crippen LogP contribution is 2.26. The maximum absolute atomic E-state index is 12.4. The third kappa shape index (κ3) is 3.73. The van der Waals surface area contributed by atoms with Crippen LogP contribution in [0.5, 0.6) is 0 Å². The van der Waals surface area contributed by atoms with Crippen molar-refractivity contribution >= 4 is 17.5 Å². The van der Waals surface area contributed by atoms with E-state index in [2.05, 4.69) is 27.6 Å². The fourth-order valence-electron chi connectivity index (χ4n) is 3.09. The topological polar surface area (TPSA) is 73.0 Å². The van der Waals surface area contributed by atoms with E-state index in [1.54, 1.807) is 6.26 Å². The first-order valence-electron chi connectivity index (χ1n) is 8.71. The lowest BCUT2D eigenvalue weighted by Crippen LogP contribution is -2.32. The first-order valence-corrected chi connectivity index (χ1v) is 9.70. The van der Waals surface area contributed by atoms with Gasteiger partial charge in [-0.25, -0.2) is 0 Å². The summed E-state index contributed by atoms with van der Waals surface area (Å²) in [5.41, 5.74) is 1.14. The van der Waals surface area contributed by atoms with Crippen LogP contribution in [0.25, 0.3) is 11.6 Å². The molecule has 1 N–H and O–H groups in total. The number of carbonyl (C=O) groups excluding carboxylic acids is 1. The molecule has 0 radical (unpaired) electrons. The van der Waals surface area contributed by atoms with Gasteiger partial charge < -0.3 is 9.73 Å². The molecule has 0 amide bonds. The van der Waals surface area contributed by atoms with Gasteiger partial charge in [-0.05, 0) is 37.1 Å². The molecule has 1 unspecified atom stereocenters. The maximum atomic E-state index is 12.4. The van der Waals surface area contributed by atoms with Crippen molar-refractivity contribution in [2.24, 2.45) is 0 Å². The lowest BCUT2D eigenvalue weighted by molar-refractivity contribution is -0.118. The average Bonchev–Trinajstić information content (AvgIpc) is 3.42. The van der Waals surface area contributed by atoms with Gasteiger partial charge in [0.25, 0.3) is 0 Å². The Hall–Kier alpha value is -2.38. The predicted molar refractivity (Wildman–Crippen MR) is 100 cm³/mol. The molecule has 4 rings (SSSR count). The highest BCUT2D eigenvalue weighted by atomic mass is 32.2. The molecule has 0 aliphatic carbocycles. The number of Topliss-reactive ketones (excluding diaryl/α,β-unsaturated/α-hetero) is 1. The third-order valence-electron chi connectivity index (χ3n) is 4.43. The normalized spacial score (nSPS) is 16.8. The number of hydrogen-bond acceptors (Lipinski definition) is 6. The number of hydrogen-bond donors (Lipinski definition) is 1. The standard InChI is InChI=1S/C19H20N4O2S/c24-16(15-8-4-10-20-15)13-26-19-22-21-18(17-9-5-11-25-17)23(19)12-14-6-2-1-3-7-14/h1-3,5-7,9,11,15,20H,4,8,10,12-13H2. The maximum Gasteiger partial charge on any atom is 0.200 e. The summed E-state index contributed by atoms with van der Waals surface area (Å²) >= 11 is 1.44. The molecule has 1 aromatic carbocycles. The van der Waals surface area contributed by atoms with Crippen molar-refractivity contribution in [1.82, 2.24) is 20.1 Å². The molecule has 1 atom stereocenters. The summed E-state index contributed by atoms with van der Waals surface area (Å²) in [5.74, 6) is 1.96. The Labute approximate surface area is 156 Å². The van der Waals surface area contributed by atoms with Gasteiger partial charge in [0.15, 0.2) is 16.7 Å². The summed E-state index contributed by atoms with van der Waals surface area (Å²) in [6, 6.07) is 13.8. The number of ketones is 1. The van der Waals surface area contributed by atoms with Crippen molar-refractivity contribution in [2.45, 2.75) is 30.6 Å². The summed E-state index contributed by atoms with van der Waals surface area (Å²) < 4.78 is 7.52. The Morgan fingerprint density at radius 1 is 1.23 bits per heavy atom. The molecular weight excluding hydrogens is 348 g/mol. The van der Waals surface area contributed by atoms with Crippen molar-refractivity contribution < 1.29 is 9.21 Å². The molecule has 0 saturated carbocycles. The van der Waals surface area contributed by atoms with Gasteiger partial charge in [0.05, 0.1) is 24.6 Å². The van der Waals surface area contributed by atoms with E-state index in [4.69, 9.17) is 4.42 Å². The summed E-state index contributed by atoms with van der Waals surface area (Å²) in [6.45, 7) is 1.55. The number of furan rings is 1. The van der Waals surface area contributed by atoms with Crippen LogP contribution in [0.1, 0.15) is 18.4 Å². The minimum atomic E-state index is -0.0162. The average molecular weight is 368 g/mol. The van der Waals surface area contributed by atoms with Crippen LogP contribution in [-0.4, -0.2) is 38.9 Å². The zero-order valence-electron chi connectivity index (χ0n) is 14.3. The first kappa shape index (κ1) is 17.1. The molecule has 134 valence electrons. The summed E-state index contributed by atoms with van der Waals surface area (Å²) in [7, 11) is 0. The van der Waals surface area contributed by atoms with E-state index in [1.165, 1.54) is 11.8 Å². The van der Waals surface area contributed by atoms with Crippen molar-refractivity contribution in [2.75, 3.05) is 12.3 Å². The molecule has 1 fully saturated rings. The zero-order chi connectivity index (χ0) is 17.8. The van der Waals surface area contributed by atoms with Gasteiger partial charge in [0, 0.05) is 0 Å². The van der Waals surface area contributed by atoms with Gasteiger partial charge in [-0.3, -0.25) is 9.36 Å². The third-order valence-corrected chi connectivity index (χ3v) is 5.42. The second kappa shape index (κ2) is 7.88. The van der Waals surface area contributed by atoms with Crippen LogP contribution in [-0.2, 0) is 11.3 Å². The van der Waals surface area contributed by atoms with Crippen molar-refractivity contribution in [3.05, 3.63) is 54.3 Å². The van der Waals surface area contributed by atoms with Crippen LogP contribution >= 0.6 is 11.8 Å². The van der Waals surface area contributed by atoms with Gasteiger partial charge in [-0.2, -0.15) is 0 Å². The van der Waals surface area contributed by atoms with Gasteiger partial charge in [0.1, 0.15) is 0 Å². The summed E-state index contributed by atoms with van der Waals surface area (Å²) in [4.78, 5) is 12.4. The first-order chi connectivity index (χ1) is 12.8. The summed E-state index contributed by atoms with van der Waals surface area (Å²) in [5, 5.41) is 12.6. The minimum Gasteiger partial charge on any atom is -0.461 e. The van der Waals surface area contributed by atoms with E-state index in [0.717, 1.165) is 30.1 Å². The van der Waals surface area contributed by atoms with Crippen molar-refractivity contribution in [3.8, 4) is 11.6 Å². The largest absolute Gasteiger partial charge is 0.461 e. The second-order valence-electron chi connectivity index (χ2n) is 6.26. The summed E-state index contributed by atoms with van der Waals surface area (Å²) in [6.07, 6.45) is 3.61. The van der Waals surface area contributed by atoms with E-state index in [1.807, 2.05) is 34.9 Å². The number of nitrogens with one attached hydrogen (secondary N) is 1. The number of rotatable bonds is 7. The number of carbonyl (C=O) groups is 1. The fraction of sp³-hybridized carbons (Fsp3) is 0.316. The van der Waals surface area contributed by atoms with Crippen LogP contribution in [0, 0.1) is 0 Å². The molecular formula is C19H20N4O2S. The van der Waals surface area contributed by atoms with Crippen LogP contribution in [0.3, 0.4) is 0 Å². The Balaban J connectivity index is 1.56. The minimum absolute atomic E-state index is 0.0162. The number of benzene rings is 1. The van der Waals surface area contributed by atoms with Gasteiger partial charge >= 0.3 is 0 Å². The zero-order valence-corrected chi connectivity index (χ0v) is 15.1. The lowest BCUT2D eigenvalue weighted by Gasteiger charge is -2.11. The van der Waals surface area contributed by atoms with E-state index in [-0.39, 0.29) is 11.8 Å². The molecule has 2 aromatic heterocycles. The monoisotopic (exact) mass is 368 g/mol. The van der Waals surface area contributed by atoms with E-state index in [0.29, 0.717) is 23.9 Å². The van der Waals surface area contributed by atoms with E-state index in [9.17, 15) is 4.79 Å². The van der Waals surface area contributed by atoms with E-state index < -0.39 is 0 Å². The highest BCUT2D eigenvalue weighted by Gasteiger charge is 2.23. The number of nitrogens with zero attached hydrogens (tertiary/aromatic N) is 3. The van der Waals surface area contributed by atoms with Crippen LogP contribution in [0.2, 0.25) is 0 Å². The SMILES string of the molecule is O=C(CSc1nnc(-c2ccco2)n1Cc1ccccc1)C1CCCN1. The predicted octanol–water partition coefficient (Wildman–Crippen LogP) is 3.00. The second-order valence-corrected chi connectivity index (χ2v) is 7.20. The Kier molecular flexibility index (Phi) is 5.17. The Morgan fingerprint density at radius 3 is 2.85 bits per heavy atom. The number of aromatic nitrogens is 3. The Bertz CT molecular complexity index is 855. The molecule has 1 aliphatic heterocycles. The molecule has 26 heavy (non-hydrogen) atoms. The van der Waals surface area contributed by atoms with Gasteiger partial charge in [0.2, 0.25) is 5.82 Å². The highest BCUT2D eigenvalue weighted by molar-refractivity contribution is 7.99. The van der Waals surface area contributed by atoms with Gasteiger partial charge in [-0.1, -0.05) is 42.1 Å². The van der Waals surface area contributed by atoms with E-state index >= 15 is 0 Å². The lowest BCUT2D eigenvalue weighted by atomic mass is 10.2. The fourth-order valence-corrected chi connectivity index (χ4v) is 3.97. The smallest absolute Gasteiger partial charge is 0.200 e. The molecule has 6 nitrogen and oxygen atoms in total. The van der Waals surface area contributed by atoms with Crippen LogP contribution in [0.15, 0.2) is 58.3 Å². The molecule has 3 heterocycles. The van der Waals surface area contributed by atoms with Gasteiger partial charge in [-0.15, -0.1) is 10.2 Å². The quantitative estimate of drug-likeness (QED) is 0.647. The molecule has 0 bridgehead atoms. The molecule has 1 aliphatic rings. The van der Waals surface area contributed by atoms with Crippen LogP contribution in [0.4, 0.5) is 0 Å². The molecule has 0 spiro atoms. The van der Waals surface area contributed by atoms with Crippen molar-refractivity contribution in [1.29, 1.82) is 0 Å². The van der Waals surface area contributed by atoms with Crippen LogP contribution < -0.4 is 5.32 Å². The van der Waals surface area contributed by atoms with Crippen molar-refractivity contribution in [3.63, 3.8) is 0 Å². The number of thioether (sulfide) groups is 1. The molecule has 1 saturated heterocycles. The molecule has 3 aromatic rings. The molecule has 7 heteroatoms.